The largest absolute Gasteiger partial charge is 0.504 e. The highest BCUT2D eigenvalue weighted by molar-refractivity contribution is 5.73. The lowest BCUT2D eigenvalue weighted by Crippen LogP contribution is -2.07. The first-order valence-corrected chi connectivity index (χ1v) is 10.3. The van der Waals surface area contributed by atoms with E-state index >= 15 is 0 Å². The summed E-state index contributed by atoms with van der Waals surface area (Å²) in [5.74, 6) is -1.58. The Hall–Kier alpha value is -3.42. The molecule has 0 bridgehead atoms. The van der Waals surface area contributed by atoms with E-state index in [-0.39, 0.29) is 59.3 Å². The number of phenolic OH excluding ortho intramolecular Hbond substituents is 4. The molecule has 0 atom stereocenters. The van der Waals surface area contributed by atoms with Crippen LogP contribution >= 0.6 is 0 Å². The average Bonchev–Trinajstić information content (AvgIpc) is 2.72. The lowest BCUT2D eigenvalue weighted by molar-refractivity contribution is -0.135. The number of hydrogen-bond acceptors (Lipinski definition) is 8. The van der Waals surface area contributed by atoms with Crippen molar-refractivity contribution in [2.75, 3.05) is 0 Å². The van der Waals surface area contributed by atoms with E-state index in [1.165, 1.54) is 36.4 Å². The van der Waals surface area contributed by atoms with E-state index in [1.807, 2.05) is 0 Å². The zero-order chi connectivity index (χ0) is 22.6. The highest BCUT2D eigenvalue weighted by atomic mass is 16.5. The van der Waals surface area contributed by atoms with Gasteiger partial charge in [0.25, 0.3) is 0 Å². The summed E-state index contributed by atoms with van der Waals surface area (Å²) in [6, 6.07) is 7.73. The van der Waals surface area contributed by atoms with Crippen molar-refractivity contribution in [1.82, 2.24) is 0 Å². The first kappa shape index (κ1) is 23.9. The Morgan fingerprint density at radius 3 is 1.26 bits per heavy atom. The molecule has 0 aliphatic heterocycles. The number of hydrogen-bond donors (Lipinski definition) is 4. The molecular formula is C23H28O8. The van der Waals surface area contributed by atoms with Gasteiger partial charge in [-0.15, -0.1) is 0 Å². The Labute approximate surface area is 180 Å². The van der Waals surface area contributed by atoms with Gasteiger partial charge in [0.1, 0.15) is 11.5 Å². The quantitative estimate of drug-likeness (QED) is 0.166. The molecule has 8 nitrogen and oxygen atoms in total. The Balaban J connectivity index is 1.47. The number of esters is 2. The average molecular weight is 432 g/mol. The van der Waals surface area contributed by atoms with Gasteiger partial charge in [0.05, 0.1) is 0 Å². The first-order valence-electron chi connectivity index (χ1n) is 10.3. The topological polar surface area (TPSA) is 134 Å². The van der Waals surface area contributed by atoms with Crippen LogP contribution in [0.25, 0.3) is 0 Å². The second-order valence-electron chi connectivity index (χ2n) is 7.22. The minimum absolute atomic E-state index is 0.195. The number of rotatable bonds is 12. The van der Waals surface area contributed by atoms with E-state index in [2.05, 4.69) is 0 Å². The summed E-state index contributed by atoms with van der Waals surface area (Å²) in [5, 5.41) is 37.2. The molecule has 0 heterocycles. The Morgan fingerprint density at radius 2 is 0.903 bits per heavy atom. The fourth-order valence-electron chi connectivity index (χ4n) is 2.92. The van der Waals surface area contributed by atoms with Gasteiger partial charge in [-0.05, 0) is 37.1 Å². The van der Waals surface area contributed by atoms with Crippen LogP contribution in [0.3, 0.4) is 0 Å². The van der Waals surface area contributed by atoms with Gasteiger partial charge in [0.15, 0.2) is 23.0 Å². The molecule has 0 aromatic heterocycles. The monoisotopic (exact) mass is 432 g/mol. The van der Waals surface area contributed by atoms with Crippen molar-refractivity contribution in [2.24, 2.45) is 0 Å². The van der Waals surface area contributed by atoms with Crippen molar-refractivity contribution >= 4 is 11.9 Å². The van der Waals surface area contributed by atoms with Gasteiger partial charge in [-0.1, -0.05) is 32.1 Å². The molecule has 0 amide bonds. The molecule has 2 aromatic rings. The van der Waals surface area contributed by atoms with Crippen LogP contribution in [0.1, 0.15) is 57.8 Å². The number of phenols is 4. The molecule has 4 N–H and O–H groups in total. The van der Waals surface area contributed by atoms with Crippen molar-refractivity contribution in [3.8, 4) is 34.5 Å². The minimum atomic E-state index is -0.384. The van der Waals surface area contributed by atoms with Gasteiger partial charge in [-0.25, -0.2) is 0 Å². The smallest absolute Gasteiger partial charge is 0.311 e. The third-order valence-corrected chi connectivity index (χ3v) is 4.62. The van der Waals surface area contributed by atoms with E-state index in [0.29, 0.717) is 12.8 Å². The molecule has 0 unspecified atom stereocenters. The highest BCUT2D eigenvalue weighted by Crippen LogP contribution is 2.29. The lowest BCUT2D eigenvalue weighted by atomic mass is 10.1. The second-order valence-corrected chi connectivity index (χ2v) is 7.22. The standard InChI is InChI=1S/C23H28O8/c24-18-12-10-16(14-20(18)26)30-22(28)8-6-4-2-1-3-5-7-9-23(29)31-17-11-13-19(25)21(27)15-17/h10-15,24-27H,1-9H2. The molecule has 0 fully saturated rings. The minimum Gasteiger partial charge on any atom is -0.504 e. The van der Waals surface area contributed by atoms with Gasteiger partial charge in [0.2, 0.25) is 0 Å². The summed E-state index contributed by atoms with van der Waals surface area (Å²) in [4.78, 5) is 23.6. The zero-order valence-corrected chi connectivity index (χ0v) is 17.2. The molecule has 0 spiro atoms. The summed E-state index contributed by atoms with van der Waals surface area (Å²) in [6.07, 6.45) is 6.70. The Kier molecular flexibility index (Phi) is 9.48. The molecule has 0 saturated heterocycles. The van der Waals surface area contributed by atoms with Crippen LogP contribution in [0.5, 0.6) is 34.5 Å². The van der Waals surface area contributed by atoms with E-state index in [0.717, 1.165) is 32.1 Å². The fraction of sp³-hybridized carbons (Fsp3) is 0.391. The van der Waals surface area contributed by atoms with Crippen LogP contribution in [0.4, 0.5) is 0 Å². The zero-order valence-electron chi connectivity index (χ0n) is 17.2. The van der Waals surface area contributed by atoms with Crippen LogP contribution in [0.15, 0.2) is 36.4 Å². The molecule has 0 radical (unpaired) electrons. The third kappa shape index (κ3) is 8.86. The number of carbonyl (C=O) groups excluding carboxylic acids is 2. The van der Waals surface area contributed by atoms with Crippen molar-refractivity contribution in [3.05, 3.63) is 36.4 Å². The van der Waals surface area contributed by atoms with Crippen LogP contribution < -0.4 is 9.47 Å². The SMILES string of the molecule is O=C(CCCCCCCCCC(=O)Oc1ccc(O)c(O)c1)Oc1ccc(O)c(O)c1. The molecule has 0 aliphatic carbocycles. The molecule has 2 rings (SSSR count). The van der Waals surface area contributed by atoms with Crippen molar-refractivity contribution in [3.63, 3.8) is 0 Å². The van der Waals surface area contributed by atoms with E-state index in [9.17, 15) is 30.0 Å². The number of aromatic hydroxyl groups is 4. The van der Waals surface area contributed by atoms with Gasteiger partial charge in [-0.3, -0.25) is 9.59 Å². The second kappa shape index (κ2) is 12.3. The maximum absolute atomic E-state index is 11.8. The Bertz CT molecular complexity index is 806. The van der Waals surface area contributed by atoms with Gasteiger partial charge >= 0.3 is 11.9 Å². The first-order chi connectivity index (χ1) is 14.8. The predicted molar refractivity (Wildman–Crippen MR) is 112 cm³/mol. The number of benzene rings is 2. The number of unbranched alkanes of at least 4 members (excludes halogenated alkanes) is 6. The molecule has 0 saturated carbocycles. The van der Waals surface area contributed by atoms with E-state index in [4.69, 9.17) is 9.47 Å². The summed E-state index contributed by atoms with van der Waals surface area (Å²) in [5.41, 5.74) is 0. The lowest BCUT2D eigenvalue weighted by Gasteiger charge is -2.06. The maximum Gasteiger partial charge on any atom is 0.311 e. The molecule has 31 heavy (non-hydrogen) atoms. The Morgan fingerprint density at radius 1 is 0.548 bits per heavy atom. The van der Waals surface area contributed by atoms with Gasteiger partial charge < -0.3 is 29.9 Å². The van der Waals surface area contributed by atoms with E-state index in [1.54, 1.807) is 0 Å². The summed E-state index contributed by atoms with van der Waals surface area (Å²) >= 11 is 0. The van der Waals surface area contributed by atoms with Crippen molar-refractivity contribution < 1.29 is 39.5 Å². The van der Waals surface area contributed by atoms with Gasteiger partial charge in [0, 0.05) is 25.0 Å². The highest BCUT2D eigenvalue weighted by Gasteiger charge is 2.09. The van der Waals surface area contributed by atoms with Crippen LogP contribution in [-0.2, 0) is 9.59 Å². The number of ether oxygens (including phenoxy) is 2. The fourth-order valence-corrected chi connectivity index (χ4v) is 2.92. The molecule has 0 aliphatic rings. The number of carbonyl (C=O) groups is 2. The van der Waals surface area contributed by atoms with E-state index < -0.39 is 0 Å². The molecule has 168 valence electrons. The van der Waals surface area contributed by atoms with Crippen LogP contribution in [0, 0.1) is 0 Å². The third-order valence-electron chi connectivity index (χ3n) is 4.62. The normalized spacial score (nSPS) is 10.6. The van der Waals surface area contributed by atoms with Crippen LogP contribution in [-0.4, -0.2) is 32.4 Å². The molecular weight excluding hydrogens is 404 g/mol. The summed E-state index contributed by atoms with van der Waals surface area (Å²) in [7, 11) is 0. The van der Waals surface area contributed by atoms with Crippen molar-refractivity contribution in [2.45, 2.75) is 57.8 Å². The molecule has 8 heteroatoms. The van der Waals surface area contributed by atoms with Crippen molar-refractivity contribution in [1.29, 1.82) is 0 Å². The van der Waals surface area contributed by atoms with Gasteiger partial charge in [-0.2, -0.15) is 0 Å². The van der Waals surface area contributed by atoms with Crippen LogP contribution in [0.2, 0.25) is 0 Å². The summed E-state index contributed by atoms with van der Waals surface area (Å²) in [6.45, 7) is 0. The maximum atomic E-state index is 11.8. The molecule has 2 aromatic carbocycles. The summed E-state index contributed by atoms with van der Waals surface area (Å²) < 4.78 is 10.2. The predicted octanol–water partition coefficient (Wildman–Crippen LogP) is 4.53.